The molecule has 1 aromatic rings. The molecule has 0 aliphatic carbocycles. The number of nitrogens with one attached hydrogen (secondary N) is 2. The number of carbonyl (C=O) groups excluding carboxylic acids is 2. The number of carboxylic acids is 1. The van der Waals surface area contributed by atoms with Crippen molar-refractivity contribution >= 4 is 29.6 Å². The van der Waals surface area contributed by atoms with E-state index in [0.717, 1.165) is 24.2 Å². The van der Waals surface area contributed by atoms with Crippen molar-refractivity contribution in [3.63, 3.8) is 0 Å². The number of rotatable bonds is 12. The summed E-state index contributed by atoms with van der Waals surface area (Å²) in [4.78, 5) is 36.9. The van der Waals surface area contributed by atoms with Crippen LogP contribution in [-0.2, 0) is 25.5 Å². The number of thioether (sulfide) groups is 1. The van der Waals surface area contributed by atoms with E-state index >= 15 is 0 Å². The molecule has 0 spiro atoms. The fourth-order valence-corrected chi connectivity index (χ4v) is 5.13. The molecule has 2 unspecified atom stereocenters. The summed E-state index contributed by atoms with van der Waals surface area (Å²) in [7, 11) is 0. The molecular weight excluding hydrogens is 416 g/mol. The van der Waals surface area contributed by atoms with Gasteiger partial charge in [-0.25, -0.2) is 4.79 Å². The van der Waals surface area contributed by atoms with Crippen LogP contribution in [0, 0.1) is 0 Å². The Morgan fingerprint density at radius 3 is 2.52 bits per heavy atom. The van der Waals surface area contributed by atoms with Crippen LogP contribution >= 0.6 is 11.8 Å². The number of hydrogen-bond acceptors (Lipinski definition) is 6. The van der Waals surface area contributed by atoms with Crippen molar-refractivity contribution < 1.29 is 24.2 Å². The first-order chi connectivity index (χ1) is 14.7. The van der Waals surface area contributed by atoms with Crippen molar-refractivity contribution in [3.8, 4) is 0 Å². The van der Waals surface area contributed by atoms with Crippen LogP contribution in [0.5, 0.6) is 0 Å². The zero-order chi connectivity index (χ0) is 22.9. The van der Waals surface area contributed by atoms with Crippen LogP contribution in [0.15, 0.2) is 30.3 Å². The maximum atomic E-state index is 12.7. The van der Waals surface area contributed by atoms with Gasteiger partial charge in [-0.05, 0) is 57.3 Å². The smallest absolute Gasteiger partial charge is 0.326 e. The first-order valence-electron chi connectivity index (χ1n) is 10.9. The number of aryl methyl sites for hydroxylation is 1. The predicted molar refractivity (Wildman–Crippen MR) is 122 cm³/mol. The SMILES string of the molecule is CCOC(=O)[C@H](CCc1ccccc1)NC(C)C(=O)NC(C[C@]1(C)CCCS1)C(=O)O. The van der Waals surface area contributed by atoms with Crippen LogP contribution < -0.4 is 10.6 Å². The lowest BCUT2D eigenvalue weighted by Crippen LogP contribution is -2.54. The molecule has 1 amide bonds. The summed E-state index contributed by atoms with van der Waals surface area (Å²) in [5.74, 6) is -0.881. The van der Waals surface area contributed by atoms with E-state index in [0.29, 0.717) is 19.3 Å². The van der Waals surface area contributed by atoms with E-state index in [9.17, 15) is 19.5 Å². The number of carbonyl (C=O) groups is 3. The Morgan fingerprint density at radius 1 is 1.23 bits per heavy atom. The van der Waals surface area contributed by atoms with E-state index in [-0.39, 0.29) is 11.4 Å². The summed E-state index contributed by atoms with van der Waals surface area (Å²) < 4.78 is 5.02. The molecule has 0 bridgehead atoms. The Morgan fingerprint density at radius 2 is 1.94 bits per heavy atom. The Hall–Kier alpha value is -2.06. The van der Waals surface area contributed by atoms with Crippen LogP contribution in [0.4, 0.5) is 0 Å². The zero-order valence-electron chi connectivity index (χ0n) is 18.6. The van der Waals surface area contributed by atoms with Gasteiger partial charge in [-0.3, -0.25) is 14.9 Å². The lowest BCUT2D eigenvalue weighted by molar-refractivity contribution is -0.147. The molecule has 0 aromatic heterocycles. The predicted octanol–water partition coefficient (Wildman–Crippen LogP) is 2.77. The molecule has 2 rings (SSSR count). The van der Waals surface area contributed by atoms with Crippen molar-refractivity contribution in [3.05, 3.63) is 35.9 Å². The lowest BCUT2D eigenvalue weighted by atomic mass is 9.96. The molecule has 8 heteroatoms. The first-order valence-corrected chi connectivity index (χ1v) is 11.9. The maximum absolute atomic E-state index is 12.7. The van der Waals surface area contributed by atoms with E-state index in [1.807, 2.05) is 30.3 Å². The number of hydrogen-bond donors (Lipinski definition) is 3. The Balaban J connectivity index is 1.97. The molecule has 0 radical (unpaired) electrons. The minimum absolute atomic E-state index is 0.143. The van der Waals surface area contributed by atoms with Crippen molar-refractivity contribution in [2.45, 2.75) is 75.7 Å². The lowest BCUT2D eigenvalue weighted by Gasteiger charge is -2.28. The van der Waals surface area contributed by atoms with Crippen LogP contribution in [0.2, 0.25) is 0 Å². The van der Waals surface area contributed by atoms with E-state index in [1.165, 1.54) is 0 Å². The second kappa shape index (κ2) is 12.1. The molecule has 0 saturated carbocycles. The summed E-state index contributed by atoms with van der Waals surface area (Å²) in [5.41, 5.74) is 1.09. The van der Waals surface area contributed by atoms with E-state index in [4.69, 9.17) is 4.74 Å². The number of amides is 1. The topological polar surface area (TPSA) is 105 Å². The monoisotopic (exact) mass is 450 g/mol. The highest BCUT2D eigenvalue weighted by atomic mass is 32.2. The van der Waals surface area contributed by atoms with Crippen molar-refractivity contribution in [2.75, 3.05) is 12.4 Å². The third-order valence-corrected chi connectivity index (χ3v) is 7.09. The molecule has 7 nitrogen and oxygen atoms in total. The molecule has 1 heterocycles. The zero-order valence-corrected chi connectivity index (χ0v) is 19.4. The molecule has 1 saturated heterocycles. The van der Waals surface area contributed by atoms with Gasteiger partial charge in [0.25, 0.3) is 0 Å². The Bertz CT molecular complexity index is 737. The van der Waals surface area contributed by atoms with Crippen LogP contribution in [-0.4, -0.2) is 58.2 Å². The largest absolute Gasteiger partial charge is 0.480 e. The maximum Gasteiger partial charge on any atom is 0.326 e. The van der Waals surface area contributed by atoms with Gasteiger partial charge in [0.2, 0.25) is 5.91 Å². The third-order valence-electron chi connectivity index (χ3n) is 5.53. The molecule has 4 atom stereocenters. The van der Waals surface area contributed by atoms with E-state index in [2.05, 4.69) is 17.6 Å². The molecule has 3 N–H and O–H groups in total. The van der Waals surface area contributed by atoms with Crippen molar-refractivity contribution in [2.24, 2.45) is 0 Å². The van der Waals surface area contributed by atoms with Gasteiger partial charge in [-0.2, -0.15) is 11.8 Å². The normalized spacial score (nSPS) is 21.1. The minimum atomic E-state index is -1.04. The first kappa shape index (κ1) is 25.2. The van der Waals surface area contributed by atoms with Crippen molar-refractivity contribution in [1.82, 2.24) is 10.6 Å². The number of aliphatic carboxylic acids is 1. The van der Waals surface area contributed by atoms with E-state index in [1.54, 1.807) is 25.6 Å². The van der Waals surface area contributed by atoms with Gasteiger partial charge < -0.3 is 15.2 Å². The van der Waals surface area contributed by atoms with Crippen molar-refractivity contribution in [1.29, 1.82) is 0 Å². The summed E-state index contributed by atoms with van der Waals surface area (Å²) >= 11 is 1.76. The standard InChI is InChI=1S/C23H34N2O5S/c1-4-30-22(29)18(12-11-17-9-6-5-7-10-17)24-16(2)20(26)25-19(21(27)28)15-23(3)13-8-14-31-23/h5-7,9-10,16,18-19,24H,4,8,11-15H2,1-3H3,(H,25,26)(H,27,28)/t16?,18-,19?,23-/m0/s1. The average Bonchev–Trinajstić information content (AvgIpc) is 3.17. The van der Waals surface area contributed by atoms with Gasteiger partial charge in [-0.15, -0.1) is 0 Å². The van der Waals surface area contributed by atoms with Gasteiger partial charge >= 0.3 is 11.9 Å². The fraction of sp³-hybridized carbons (Fsp3) is 0.609. The third kappa shape index (κ3) is 8.18. The van der Waals surface area contributed by atoms with Gasteiger partial charge in [0.1, 0.15) is 12.1 Å². The van der Waals surface area contributed by atoms with Gasteiger partial charge in [0.05, 0.1) is 12.6 Å². The molecule has 1 aliphatic heterocycles. The average molecular weight is 451 g/mol. The highest BCUT2D eigenvalue weighted by Crippen LogP contribution is 2.41. The number of carboxylic acid groups (broad SMARTS) is 1. The fourth-order valence-electron chi connectivity index (χ4n) is 3.77. The van der Waals surface area contributed by atoms with Crippen LogP contribution in [0.3, 0.4) is 0 Å². The molecule has 1 aliphatic rings. The molecular formula is C23H34N2O5S. The van der Waals surface area contributed by atoms with Gasteiger partial charge in [0, 0.05) is 4.75 Å². The quantitative estimate of drug-likeness (QED) is 0.421. The minimum Gasteiger partial charge on any atom is -0.480 e. The second-order valence-electron chi connectivity index (χ2n) is 8.22. The summed E-state index contributed by atoms with van der Waals surface area (Å²) in [6.07, 6.45) is 3.49. The van der Waals surface area contributed by atoms with Crippen LogP contribution in [0.1, 0.15) is 52.0 Å². The van der Waals surface area contributed by atoms with Gasteiger partial charge in [-0.1, -0.05) is 37.3 Å². The second-order valence-corrected chi connectivity index (χ2v) is 9.91. The molecule has 1 aromatic carbocycles. The summed E-state index contributed by atoms with van der Waals surface area (Å²) in [6.45, 7) is 5.67. The summed E-state index contributed by atoms with van der Waals surface area (Å²) in [5, 5.41) is 15.3. The molecule has 1 fully saturated rings. The molecule has 172 valence electrons. The van der Waals surface area contributed by atoms with Gasteiger partial charge in [0.15, 0.2) is 0 Å². The highest BCUT2D eigenvalue weighted by molar-refractivity contribution is 8.00. The Kier molecular flexibility index (Phi) is 9.84. The molecule has 31 heavy (non-hydrogen) atoms. The summed E-state index contributed by atoms with van der Waals surface area (Å²) in [6, 6.07) is 7.41. The number of ether oxygens (including phenoxy) is 1. The van der Waals surface area contributed by atoms with E-state index < -0.39 is 36.0 Å². The number of benzene rings is 1. The van der Waals surface area contributed by atoms with Crippen LogP contribution in [0.25, 0.3) is 0 Å². The highest BCUT2D eigenvalue weighted by Gasteiger charge is 2.36. The number of esters is 1. The Labute approximate surface area is 188 Å².